The molecule has 0 fully saturated rings. The molecule has 0 amide bonds. The van der Waals surface area contributed by atoms with Gasteiger partial charge in [0.05, 0.1) is 6.26 Å². The quantitative estimate of drug-likeness (QED) is 0.499. The van der Waals surface area contributed by atoms with Gasteiger partial charge < -0.3 is 9.15 Å². The van der Waals surface area contributed by atoms with Gasteiger partial charge in [0.15, 0.2) is 0 Å². The molecule has 16 heavy (non-hydrogen) atoms. The number of ether oxygens (including phenoxy) is 1. The summed E-state index contributed by atoms with van der Waals surface area (Å²) in [6.07, 6.45) is 7.82. The summed E-state index contributed by atoms with van der Waals surface area (Å²) in [5, 5.41) is 0. The second-order valence-corrected chi connectivity index (χ2v) is 3.90. The highest BCUT2D eigenvalue weighted by Gasteiger charge is 2.04. The highest BCUT2D eigenvalue weighted by molar-refractivity contribution is 5.69. The highest BCUT2D eigenvalue weighted by Crippen LogP contribution is 2.07. The van der Waals surface area contributed by atoms with E-state index in [1.165, 1.54) is 19.3 Å². The lowest BCUT2D eigenvalue weighted by Gasteiger charge is -2.02. The van der Waals surface area contributed by atoms with E-state index >= 15 is 0 Å². The van der Waals surface area contributed by atoms with E-state index in [4.69, 9.17) is 9.15 Å². The Bertz CT molecular complexity index is 277. The van der Waals surface area contributed by atoms with Crippen molar-refractivity contribution in [3.05, 3.63) is 24.2 Å². The first-order valence-electron chi connectivity index (χ1n) is 6.01. The topological polar surface area (TPSA) is 39.4 Å². The summed E-state index contributed by atoms with van der Waals surface area (Å²) in [5.41, 5.74) is 0. The first-order chi connectivity index (χ1) is 7.83. The second-order valence-electron chi connectivity index (χ2n) is 3.90. The van der Waals surface area contributed by atoms with Gasteiger partial charge in [-0.1, -0.05) is 32.6 Å². The van der Waals surface area contributed by atoms with E-state index in [9.17, 15) is 4.79 Å². The van der Waals surface area contributed by atoms with Crippen molar-refractivity contribution in [3.8, 4) is 0 Å². The molecular weight excluding hydrogens is 204 g/mol. The molecule has 0 aliphatic carbocycles. The smallest absolute Gasteiger partial charge is 0.306 e. The van der Waals surface area contributed by atoms with Crippen LogP contribution in [0.5, 0.6) is 0 Å². The number of hydrogen-bond acceptors (Lipinski definition) is 3. The van der Waals surface area contributed by atoms with E-state index in [2.05, 4.69) is 6.92 Å². The predicted octanol–water partition coefficient (Wildman–Crippen LogP) is 3.68. The van der Waals surface area contributed by atoms with Gasteiger partial charge in [-0.25, -0.2) is 0 Å². The van der Waals surface area contributed by atoms with Crippen molar-refractivity contribution in [1.29, 1.82) is 0 Å². The van der Waals surface area contributed by atoms with Crippen LogP contribution >= 0.6 is 0 Å². The Morgan fingerprint density at radius 2 is 2.12 bits per heavy atom. The molecule has 0 saturated carbocycles. The predicted molar refractivity (Wildman–Crippen MR) is 61.9 cm³/mol. The van der Waals surface area contributed by atoms with Gasteiger partial charge in [-0.3, -0.25) is 4.79 Å². The molecule has 0 saturated heterocycles. The number of unbranched alkanes of at least 4 members (excludes halogenated alkanes) is 4. The van der Waals surface area contributed by atoms with Crippen LogP contribution in [-0.4, -0.2) is 5.97 Å². The molecule has 0 spiro atoms. The van der Waals surface area contributed by atoms with Gasteiger partial charge in [-0.15, -0.1) is 0 Å². The van der Waals surface area contributed by atoms with Gasteiger partial charge in [0.2, 0.25) is 0 Å². The zero-order valence-corrected chi connectivity index (χ0v) is 9.91. The van der Waals surface area contributed by atoms with Crippen LogP contribution in [0.3, 0.4) is 0 Å². The fraction of sp³-hybridized carbons (Fsp3) is 0.615. The molecule has 3 heteroatoms. The summed E-state index contributed by atoms with van der Waals surface area (Å²) in [4.78, 5) is 11.3. The first-order valence-corrected chi connectivity index (χ1v) is 6.01. The summed E-state index contributed by atoms with van der Waals surface area (Å²) in [6, 6.07) is 3.59. The monoisotopic (exact) mass is 224 g/mol. The Labute approximate surface area is 96.8 Å². The van der Waals surface area contributed by atoms with Gasteiger partial charge >= 0.3 is 5.97 Å². The molecule has 3 nitrogen and oxygen atoms in total. The lowest BCUT2D eigenvalue weighted by atomic mass is 10.1. The van der Waals surface area contributed by atoms with Crippen LogP contribution in [0.4, 0.5) is 0 Å². The van der Waals surface area contributed by atoms with Crippen LogP contribution < -0.4 is 0 Å². The molecular formula is C13H20O3. The molecule has 1 aromatic rings. The number of carbonyl (C=O) groups is 1. The summed E-state index contributed by atoms with van der Waals surface area (Å²) in [5.74, 6) is 0.562. The molecule has 0 bridgehead atoms. The molecule has 90 valence electrons. The van der Waals surface area contributed by atoms with E-state index in [1.54, 1.807) is 18.4 Å². The minimum Gasteiger partial charge on any atom is -0.466 e. The van der Waals surface area contributed by atoms with E-state index < -0.39 is 0 Å². The summed E-state index contributed by atoms with van der Waals surface area (Å²) in [6.45, 7) is 2.43. The van der Waals surface area contributed by atoms with Crippen molar-refractivity contribution < 1.29 is 13.9 Å². The van der Waals surface area contributed by atoms with Crippen LogP contribution in [0.1, 0.15) is 51.2 Å². The third kappa shape index (κ3) is 5.59. The zero-order valence-electron chi connectivity index (χ0n) is 9.91. The van der Waals surface area contributed by atoms with Crippen molar-refractivity contribution in [1.82, 2.24) is 0 Å². The number of hydrogen-bond donors (Lipinski definition) is 0. The molecule has 0 N–H and O–H groups in total. The average Bonchev–Trinajstić information content (AvgIpc) is 2.79. The molecule has 0 aromatic carbocycles. The summed E-state index contributed by atoms with van der Waals surface area (Å²) < 4.78 is 10.1. The zero-order chi connectivity index (χ0) is 11.6. The van der Waals surface area contributed by atoms with E-state index in [-0.39, 0.29) is 12.6 Å². The van der Waals surface area contributed by atoms with E-state index in [1.807, 2.05) is 0 Å². The Hall–Kier alpha value is -1.25. The van der Waals surface area contributed by atoms with Gasteiger partial charge in [0.1, 0.15) is 12.4 Å². The number of furan rings is 1. The number of rotatable bonds is 8. The molecule has 0 atom stereocenters. The van der Waals surface area contributed by atoms with Crippen molar-refractivity contribution in [2.24, 2.45) is 0 Å². The van der Waals surface area contributed by atoms with Gasteiger partial charge in [-0.2, -0.15) is 0 Å². The van der Waals surface area contributed by atoms with Gasteiger partial charge in [0.25, 0.3) is 0 Å². The first kappa shape index (κ1) is 12.8. The van der Waals surface area contributed by atoms with Crippen LogP contribution in [0.2, 0.25) is 0 Å². The Morgan fingerprint density at radius 1 is 1.31 bits per heavy atom. The number of esters is 1. The lowest BCUT2D eigenvalue weighted by Crippen LogP contribution is -2.03. The lowest BCUT2D eigenvalue weighted by molar-refractivity contribution is -0.145. The maximum absolute atomic E-state index is 11.3. The van der Waals surface area contributed by atoms with Crippen molar-refractivity contribution in [2.75, 3.05) is 0 Å². The fourth-order valence-electron chi connectivity index (χ4n) is 1.49. The van der Waals surface area contributed by atoms with Crippen LogP contribution in [0.15, 0.2) is 22.8 Å². The summed E-state index contributed by atoms with van der Waals surface area (Å²) >= 11 is 0. The van der Waals surface area contributed by atoms with Gasteiger partial charge in [-0.05, 0) is 18.6 Å². The van der Waals surface area contributed by atoms with Crippen molar-refractivity contribution >= 4 is 5.97 Å². The summed E-state index contributed by atoms with van der Waals surface area (Å²) in [7, 11) is 0. The molecule has 0 aliphatic rings. The fourth-order valence-corrected chi connectivity index (χ4v) is 1.49. The third-order valence-electron chi connectivity index (χ3n) is 2.44. The highest BCUT2D eigenvalue weighted by atomic mass is 16.5. The Morgan fingerprint density at radius 3 is 2.81 bits per heavy atom. The molecule has 0 unspecified atom stereocenters. The van der Waals surface area contributed by atoms with Crippen molar-refractivity contribution in [3.63, 3.8) is 0 Å². The largest absolute Gasteiger partial charge is 0.466 e. The molecule has 0 aliphatic heterocycles. The molecule has 1 heterocycles. The standard InChI is InChI=1S/C13H20O3/c1-2-3-4-5-6-9-13(14)16-11-12-8-7-10-15-12/h7-8,10H,2-6,9,11H2,1H3. The minimum atomic E-state index is -0.132. The molecule has 1 rings (SSSR count). The van der Waals surface area contributed by atoms with Crippen LogP contribution in [-0.2, 0) is 16.1 Å². The number of carbonyl (C=O) groups excluding carboxylic acids is 1. The Balaban J connectivity index is 1.99. The van der Waals surface area contributed by atoms with E-state index in [0.29, 0.717) is 12.2 Å². The Kier molecular flexibility index (Phi) is 6.38. The van der Waals surface area contributed by atoms with E-state index in [0.717, 1.165) is 12.8 Å². The van der Waals surface area contributed by atoms with Gasteiger partial charge in [0, 0.05) is 6.42 Å². The minimum absolute atomic E-state index is 0.132. The van der Waals surface area contributed by atoms with Crippen LogP contribution in [0, 0.1) is 0 Å². The third-order valence-corrected chi connectivity index (χ3v) is 2.44. The molecule has 1 aromatic heterocycles. The average molecular weight is 224 g/mol. The second kappa shape index (κ2) is 7.97. The maximum atomic E-state index is 11.3. The van der Waals surface area contributed by atoms with Crippen molar-refractivity contribution in [2.45, 2.75) is 52.1 Å². The normalized spacial score (nSPS) is 10.3. The SMILES string of the molecule is CCCCCCCC(=O)OCc1ccco1. The maximum Gasteiger partial charge on any atom is 0.306 e. The molecule has 0 radical (unpaired) electrons. The van der Waals surface area contributed by atoms with Crippen LogP contribution in [0.25, 0.3) is 0 Å².